The van der Waals surface area contributed by atoms with Crippen LogP contribution >= 0.6 is 0 Å². The fourth-order valence-electron chi connectivity index (χ4n) is 6.76. The first-order valence-electron chi connectivity index (χ1n) is 17.7. The molecule has 2 aromatic carbocycles. The van der Waals surface area contributed by atoms with Gasteiger partial charge >= 0.3 is 5.97 Å². The van der Waals surface area contributed by atoms with E-state index in [0.717, 1.165) is 35.9 Å². The van der Waals surface area contributed by atoms with Crippen LogP contribution in [0.5, 0.6) is 5.75 Å². The van der Waals surface area contributed by atoms with Gasteiger partial charge in [0.25, 0.3) is 0 Å². The smallest absolute Gasteiger partial charge is 0.339 e. The Labute approximate surface area is 306 Å². The summed E-state index contributed by atoms with van der Waals surface area (Å²) >= 11 is 0. The zero-order valence-corrected chi connectivity index (χ0v) is 31.6. The van der Waals surface area contributed by atoms with Crippen molar-refractivity contribution in [2.45, 2.75) is 91.1 Å². The van der Waals surface area contributed by atoms with E-state index in [1.807, 2.05) is 58.2 Å². The number of benzene rings is 2. The summed E-state index contributed by atoms with van der Waals surface area (Å²) in [6.07, 6.45) is 6.14. The summed E-state index contributed by atoms with van der Waals surface area (Å²) in [6, 6.07) is 9.72. The van der Waals surface area contributed by atoms with Crippen molar-refractivity contribution >= 4 is 17.4 Å². The van der Waals surface area contributed by atoms with Crippen LogP contribution in [-0.4, -0.2) is 59.5 Å². The fraction of sp³-hybridized carbons (Fsp3) is 0.429. The molecule has 52 heavy (non-hydrogen) atoms. The number of ether oxygens (including phenoxy) is 4. The Hall–Kier alpha value is -4.54. The first-order chi connectivity index (χ1) is 24.6. The number of piperidine rings is 1. The second-order valence-corrected chi connectivity index (χ2v) is 14.7. The molecule has 1 aliphatic heterocycles. The molecule has 0 aliphatic carbocycles. The molecule has 1 unspecified atom stereocenters. The van der Waals surface area contributed by atoms with E-state index in [1.165, 1.54) is 13.2 Å². The van der Waals surface area contributed by atoms with E-state index in [2.05, 4.69) is 25.0 Å². The Balaban J connectivity index is 1.70. The van der Waals surface area contributed by atoms with E-state index in [-0.39, 0.29) is 23.0 Å². The van der Waals surface area contributed by atoms with Crippen LogP contribution in [0, 0.1) is 25.5 Å². The van der Waals surface area contributed by atoms with Gasteiger partial charge in [0, 0.05) is 36.8 Å². The number of nitrogens with zero attached hydrogens (tertiary/aromatic N) is 3. The molecule has 1 saturated heterocycles. The number of hydrogen-bond donors (Lipinski definition) is 0. The van der Waals surface area contributed by atoms with Crippen LogP contribution in [-0.2, 0) is 19.0 Å². The van der Waals surface area contributed by atoms with E-state index in [1.54, 1.807) is 30.4 Å². The van der Waals surface area contributed by atoms with E-state index in [9.17, 15) is 9.18 Å². The molecule has 10 heteroatoms. The van der Waals surface area contributed by atoms with Gasteiger partial charge in [0.15, 0.2) is 17.7 Å². The van der Waals surface area contributed by atoms with Gasteiger partial charge in [0.2, 0.25) is 0 Å². The summed E-state index contributed by atoms with van der Waals surface area (Å²) in [5, 5.41) is 0. The topological polar surface area (TPSA) is 74.5 Å². The van der Waals surface area contributed by atoms with Gasteiger partial charge in [-0.25, -0.2) is 18.6 Å². The predicted molar refractivity (Wildman–Crippen MR) is 202 cm³/mol. The second-order valence-electron chi connectivity index (χ2n) is 14.7. The van der Waals surface area contributed by atoms with E-state index in [4.69, 9.17) is 23.9 Å². The quantitative estimate of drug-likeness (QED) is 0.101. The number of rotatable bonds is 13. The van der Waals surface area contributed by atoms with Gasteiger partial charge in [0.05, 0.1) is 42.3 Å². The number of esters is 1. The van der Waals surface area contributed by atoms with Crippen LogP contribution in [0.25, 0.3) is 28.0 Å². The predicted octanol–water partition coefficient (Wildman–Crippen LogP) is 9.50. The molecule has 0 spiro atoms. The zero-order chi connectivity index (χ0) is 38.0. The lowest BCUT2D eigenvalue weighted by molar-refractivity contribution is -0.164. The van der Waals surface area contributed by atoms with E-state index in [0.29, 0.717) is 54.1 Å². The van der Waals surface area contributed by atoms with Crippen molar-refractivity contribution < 1.29 is 32.5 Å². The molecule has 1 fully saturated rings. The van der Waals surface area contributed by atoms with Gasteiger partial charge in [0.1, 0.15) is 17.2 Å². The van der Waals surface area contributed by atoms with Gasteiger partial charge in [-0.1, -0.05) is 30.4 Å². The first kappa shape index (κ1) is 38.7. The lowest BCUT2D eigenvalue weighted by Gasteiger charge is -2.41. The number of halogens is 2. The highest BCUT2D eigenvalue weighted by molar-refractivity contribution is 5.82. The van der Waals surface area contributed by atoms with Crippen LogP contribution in [0.2, 0.25) is 0 Å². The number of pyridine rings is 1. The monoisotopic (exact) mass is 715 g/mol. The lowest BCUT2D eigenvalue weighted by Crippen LogP contribution is -2.45. The number of aryl methyl sites for hydroxylation is 1. The van der Waals surface area contributed by atoms with Crippen molar-refractivity contribution in [3.05, 3.63) is 96.2 Å². The molecular formula is C42H51F2N3O5. The minimum absolute atomic E-state index is 0.0341. The largest absolute Gasteiger partial charge is 0.490 e. The second kappa shape index (κ2) is 15.6. The molecular weight excluding hydrogens is 664 g/mol. The first-order valence-corrected chi connectivity index (χ1v) is 17.7. The third kappa shape index (κ3) is 8.08. The van der Waals surface area contributed by atoms with Crippen LogP contribution in [0.3, 0.4) is 0 Å². The number of carbonyl (C=O) groups excluding carboxylic acids is 1. The zero-order valence-electron chi connectivity index (χ0n) is 31.6. The molecule has 0 amide bonds. The molecule has 3 heterocycles. The van der Waals surface area contributed by atoms with E-state index < -0.39 is 29.3 Å². The molecule has 0 N–H and O–H groups in total. The highest BCUT2D eigenvalue weighted by atomic mass is 19.2. The standard InChI is InChI=1S/C42H51F2N3O5/c1-11-14-26(3)51-33-18-17-31(43)36(44)35(33)30-16-13-15-29(24-30)32-25-47-38(45-32)28(5)27(4)34(37(40(48)49-10)52-41(6,7)8)39(47)46-21-19-42(9,20-22-46)50-23-12-2/h11-13,15-18,24-26,37H,1-2,14,19-23H2,3-10H3/t26-,37?/m0/s1. The van der Waals surface area contributed by atoms with Gasteiger partial charge in [-0.15, -0.1) is 13.2 Å². The summed E-state index contributed by atoms with van der Waals surface area (Å²) < 4.78 is 56.2. The molecule has 4 aromatic rings. The number of anilines is 1. The number of aromatic nitrogens is 2. The number of fused-ring (bicyclic) bond motifs is 1. The van der Waals surface area contributed by atoms with Gasteiger partial charge in [-0.2, -0.15) is 0 Å². The van der Waals surface area contributed by atoms with Crippen LogP contribution in [0.4, 0.5) is 14.6 Å². The minimum atomic E-state index is -1.01. The van der Waals surface area contributed by atoms with Crippen molar-refractivity contribution in [1.82, 2.24) is 9.38 Å². The third-order valence-corrected chi connectivity index (χ3v) is 9.63. The third-order valence-electron chi connectivity index (χ3n) is 9.63. The van der Waals surface area contributed by atoms with Gasteiger partial charge in [-0.3, -0.25) is 4.40 Å². The highest BCUT2D eigenvalue weighted by Crippen LogP contribution is 2.42. The van der Waals surface area contributed by atoms with Crippen LogP contribution < -0.4 is 9.64 Å². The molecule has 5 rings (SSSR count). The van der Waals surface area contributed by atoms with Gasteiger partial charge in [-0.05, 0) is 96.2 Å². The molecule has 1 aliphatic rings. The Bertz CT molecular complexity index is 1960. The maximum Gasteiger partial charge on any atom is 0.339 e. The fourth-order valence-corrected chi connectivity index (χ4v) is 6.76. The maximum atomic E-state index is 15.5. The van der Waals surface area contributed by atoms with Crippen molar-refractivity contribution in [3.8, 4) is 28.1 Å². The normalized spacial score (nSPS) is 15.7. The average Bonchev–Trinajstić information content (AvgIpc) is 3.55. The molecule has 8 nitrogen and oxygen atoms in total. The summed E-state index contributed by atoms with van der Waals surface area (Å²) in [7, 11) is 1.37. The van der Waals surface area contributed by atoms with Crippen LogP contribution in [0.15, 0.2) is 67.9 Å². The Morgan fingerprint density at radius 1 is 1.06 bits per heavy atom. The summed E-state index contributed by atoms with van der Waals surface area (Å²) in [4.78, 5) is 20.9. The minimum Gasteiger partial charge on any atom is -0.490 e. The molecule has 2 atom stereocenters. The van der Waals surface area contributed by atoms with Crippen molar-refractivity contribution in [1.29, 1.82) is 0 Å². The molecule has 0 radical (unpaired) electrons. The summed E-state index contributed by atoms with van der Waals surface area (Å²) in [5.41, 5.74) is 3.93. The number of imidazole rings is 1. The number of carbonyl (C=O) groups is 1. The maximum absolute atomic E-state index is 15.5. The van der Waals surface area contributed by atoms with Crippen molar-refractivity contribution in [2.24, 2.45) is 0 Å². The number of hydrogen-bond acceptors (Lipinski definition) is 7. The Kier molecular flexibility index (Phi) is 11.6. The number of methoxy groups -OCH3 is 1. The van der Waals surface area contributed by atoms with Gasteiger partial charge < -0.3 is 23.8 Å². The highest BCUT2D eigenvalue weighted by Gasteiger charge is 2.38. The van der Waals surface area contributed by atoms with Crippen molar-refractivity contribution in [2.75, 3.05) is 31.7 Å². The van der Waals surface area contributed by atoms with E-state index >= 15 is 4.39 Å². The Morgan fingerprint density at radius 2 is 1.75 bits per heavy atom. The van der Waals surface area contributed by atoms with Crippen LogP contribution in [0.1, 0.15) is 76.7 Å². The molecule has 278 valence electrons. The summed E-state index contributed by atoms with van der Waals surface area (Å²) in [5.74, 6) is -1.44. The van der Waals surface area contributed by atoms with Crippen molar-refractivity contribution in [3.63, 3.8) is 0 Å². The average molecular weight is 716 g/mol. The SMILES string of the molecule is C=CCOC1(C)CCN(c2c(C(OC(C)(C)C)C(=O)OC)c(C)c(C)c3nc(-c4cccc(-c5c(O[C@@H](C)CC=C)ccc(F)c5F)c4)cn23)CC1. The molecule has 0 saturated carbocycles. The molecule has 2 aromatic heterocycles. The Morgan fingerprint density at radius 3 is 2.38 bits per heavy atom. The molecule has 0 bridgehead atoms. The lowest BCUT2D eigenvalue weighted by atomic mass is 9.92. The summed E-state index contributed by atoms with van der Waals surface area (Å²) in [6.45, 7) is 23.0.